The maximum Gasteiger partial charge on any atom is 0.194 e. The standard InChI is InChI=1S/C22H25N7O2S/c1-28-6-5-15(8-16(28)12-30)29(2)22-25-21-20(32-22)9-18(26-27-21)17-4-3-13(7-19(17)31)14-10-23-24-11-14/h3-4,7,9-11,15-16,30-31H,5-6,8,12H2,1-2H3,(H,23,24)/t15-,16-/m0/s1. The summed E-state index contributed by atoms with van der Waals surface area (Å²) in [7, 11) is 4.11. The number of aromatic nitrogens is 5. The van der Waals surface area contributed by atoms with Gasteiger partial charge in [-0.25, -0.2) is 0 Å². The number of aliphatic hydroxyl groups excluding tert-OH is 1. The van der Waals surface area contributed by atoms with Gasteiger partial charge in [-0.2, -0.15) is 10.1 Å². The Morgan fingerprint density at radius 1 is 1.25 bits per heavy atom. The normalized spacial score (nSPS) is 19.5. The summed E-state index contributed by atoms with van der Waals surface area (Å²) in [4.78, 5) is 9.09. The quantitative estimate of drug-likeness (QED) is 0.424. The van der Waals surface area contributed by atoms with E-state index >= 15 is 0 Å². The Kier molecular flexibility index (Phi) is 5.50. The zero-order valence-electron chi connectivity index (χ0n) is 17.9. The Morgan fingerprint density at radius 3 is 2.88 bits per heavy atom. The Labute approximate surface area is 189 Å². The number of piperidine rings is 1. The Balaban J connectivity index is 1.41. The molecular formula is C22H25N7O2S. The molecule has 5 rings (SSSR count). The van der Waals surface area contributed by atoms with E-state index in [1.807, 2.05) is 18.2 Å². The van der Waals surface area contributed by atoms with Crippen molar-refractivity contribution in [2.45, 2.75) is 24.9 Å². The van der Waals surface area contributed by atoms with Crippen LogP contribution in [0, 0.1) is 0 Å². The van der Waals surface area contributed by atoms with E-state index in [1.165, 1.54) is 0 Å². The number of aliphatic hydroxyl groups is 1. The first-order valence-electron chi connectivity index (χ1n) is 10.5. The first-order chi connectivity index (χ1) is 15.5. The van der Waals surface area contributed by atoms with Gasteiger partial charge in [0.1, 0.15) is 5.75 Å². The Bertz CT molecular complexity index is 1230. The molecular weight excluding hydrogens is 426 g/mol. The minimum absolute atomic E-state index is 0.139. The summed E-state index contributed by atoms with van der Waals surface area (Å²) in [5.74, 6) is 0.139. The molecule has 4 heterocycles. The van der Waals surface area contributed by atoms with Crippen molar-refractivity contribution < 1.29 is 10.2 Å². The minimum Gasteiger partial charge on any atom is -0.507 e. The van der Waals surface area contributed by atoms with Crippen LogP contribution in [-0.4, -0.2) is 79.8 Å². The highest BCUT2D eigenvalue weighted by atomic mass is 32.1. The SMILES string of the molecule is CN1CC[C@H](N(C)c2nc3nnc(-c4ccc(-c5cn[nH]c5)cc4O)cc3s2)C[C@H]1CO. The van der Waals surface area contributed by atoms with Crippen LogP contribution in [0.3, 0.4) is 0 Å². The van der Waals surface area contributed by atoms with E-state index in [-0.39, 0.29) is 18.4 Å². The zero-order valence-corrected chi connectivity index (χ0v) is 18.7. The van der Waals surface area contributed by atoms with Crippen LogP contribution in [0.5, 0.6) is 5.75 Å². The summed E-state index contributed by atoms with van der Waals surface area (Å²) in [6.07, 6.45) is 5.41. The average Bonchev–Trinajstić information content (AvgIpc) is 3.48. The van der Waals surface area contributed by atoms with Gasteiger partial charge in [0.25, 0.3) is 0 Å². The fourth-order valence-corrected chi connectivity index (χ4v) is 5.19. The Hall–Kier alpha value is -3.08. The molecule has 0 amide bonds. The summed E-state index contributed by atoms with van der Waals surface area (Å²) in [6, 6.07) is 7.88. The Morgan fingerprint density at radius 2 is 2.12 bits per heavy atom. The molecule has 0 saturated carbocycles. The third kappa shape index (κ3) is 3.81. The second kappa shape index (κ2) is 8.45. The number of rotatable bonds is 5. The molecule has 0 radical (unpaired) electrons. The zero-order chi connectivity index (χ0) is 22.2. The third-order valence-electron chi connectivity index (χ3n) is 6.29. The van der Waals surface area contributed by atoms with E-state index in [0.29, 0.717) is 22.9 Å². The second-order valence-electron chi connectivity index (χ2n) is 8.24. The van der Waals surface area contributed by atoms with Crippen LogP contribution in [0.2, 0.25) is 0 Å². The molecule has 32 heavy (non-hydrogen) atoms. The first kappa shape index (κ1) is 20.8. The number of aromatic hydroxyl groups is 1. The van der Waals surface area contributed by atoms with Gasteiger partial charge in [0.15, 0.2) is 10.8 Å². The smallest absolute Gasteiger partial charge is 0.194 e. The van der Waals surface area contributed by atoms with Gasteiger partial charge in [0, 0.05) is 43.0 Å². The molecule has 1 saturated heterocycles. The lowest BCUT2D eigenvalue weighted by Crippen LogP contribution is -2.49. The van der Waals surface area contributed by atoms with Crippen LogP contribution in [-0.2, 0) is 0 Å². The monoisotopic (exact) mass is 451 g/mol. The molecule has 1 aromatic carbocycles. The number of phenolic OH excluding ortho intramolecular Hbond substituents is 1. The summed E-state index contributed by atoms with van der Waals surface area (Å²) >= 11 is 1.57. The second-order valence-corrected chi connectivity index (χ2v) is 9.25. The fourth-order valence-electron chi connectivity index (χ4n) is 4.22. The van der Waals surface area contributed by atoms with Crippen LogP contribution in [0.15, 0.2) is 36.7 Å². The van der Waals surface area contributed by atoms with Crippen molar-refractivity contribution in [1.29, 1.82) is 0 Å². The van der Waals surface area contributed by atoms with E-state index in [4.69, 9.17) is 0 Å². The highest BCUT2D eigenvalue weighted by Gasteiger charge is 2.29. The van der Waals surface area contributed by atoms with Gasteiger partial charge < -0.3 is 20.0 Å². The maximum atomic E-state index is 10.6. The van der Waals surface area contributed by atoms with E-state index < -0.39 is 0 Å². The van der Waals surface area contributed by atoms with Gasteiger partial charge in [0.05, 0.1) is 23.2 Å². The number of hydrogen-bond donors (Lipinski definition) is 3. The number of likely N-dealkylation sites (tertiary alicyclic amines) is 1. The molecule has 3 aromatic heterocycles. The number of benzene rings is 1. The summed E-state index contributed by atoms with van der Waals surface area (Å²) in [5, 5.41) is 36.5. The van der Waals surface area contributed by atoms with Crippen molar-refractivity contribution in [3.8, 4) is 28.1 Å². The van der Waals surface area contributed by atoms with Crippen LogP contribution >= 0.6 is 11.3 Å². The first-order valence-corrected chi connectivity index (χ1v) is 11.4. The molecule has 3 N–H and O–H groups in total. The number of thiazole rings is 1. The summed E-state index contributed by atoms with van der Waals surface area (Å²) in [5.41, 5.74) is 3.60. The van der Waals surface area contributed by atoms with Gasteiger partial charge >= 0.3 is 0 Å². The molecule has 0 spiro atoms. The van der Waals surface area contributed by atoms with E-state index in [9.17, 15) is 10.2 Å². The summed E-state index contributed by atoms with van der Waals surface area (Å²) in [6.45, 7) is 1.11. The molecule has 2 atom stereocenters. The average molecular weight is 452 g/mol. The third-order valence-corrected chi connectivity index (χ3v) is 7.37. The molecule has 166 valence electrons. The molecule has 4 aromatic rings. The summed E-state index contributed by atoms with van der Waals surface area (Å²) < 4.78 is 0.918. The van der Waals surface area contributed by atoms with Crippen molar-refractivity contribution in [3.63, 3.8) is 0 Å². The molecule has 1 aliphatic heterocycles. The number of nitrogens with zero attached hydrogens (tertiary/aromatic N) is 6. The van der Waals surface area contributed by atoms with Gasteiger partial charge in [-0.1, -0.05) is 17.4 Å². The number of likely N-dealkylation sites (N-methyl/N-ethyl adjacent to an activating group) is 1. The molecule has 1 fully saturated rings. The fraction of sp³-hybridized carbons (Fsp3) is 0.364. The van der Waals surface area contributed by atoms with E-state index in [2.05, 4.69) is 49.3 Å². The number of anilines is 1. The highest BCUT2D eigenvalue weighted by Crippen LogP contribution is 2.36. The van der Waals surface area contributed by atoms with Crippen molar-refractivity contribution in [2.75, 3.05) is 32.1 Å². The van der Waals surface area contributed by atoms with Crippen molar-refractivity contribution in [1.82, 2.24) is 30.3 Å². The lowest BCUT2D eigenvalue weighted by molar-refractivity contribution is 0.104. The number of aromatic amines is 1. The van der Waals surface area contributed by atoms with Crippen LogP contribution < -0.4 is 4.90 Å². The predicted octanol–water partition coefficient (Wildman–Crippen LogP) is 2.74. The predicted molar refractivity (Wildman–Crippen MR) is 125 cm³/mol. The van der Waals surface area contributed by atoms with E-state index in [1.54, 1.807) is 29.8 Å². The van der Waals surface area contributed by atoms with E-state index in [0.717, 1.165) is 40.3 Å². The van der Waals surface area contributed by atoms with Crippen LogP contribution in [0.1, 0.15) is 12.8 Å². The number of phenols is 1. The number of fused-ring (bicyclic) bond motifs is 1. The van der Waals surface area contributed by atoms with Gasteiger partial charge in [-0.15, -0.1) is 10.2 Å². The lowest BCUT2D eigenvalue weighted by atomic mass is 9.97. The van der Waals surface area contributed by atoms with Crippen LogP contribution in [0.4, 0.5) is 5.13 Å². The van der Waals surface area contributed by atoms with Gasteiger partial charge in [-0.3, -0.25) is 5.10 Å². The number of hydrogen-bond acceptors (Lipinski definition) is 9. The highest BCUT2D eigenvalue weighted by molar-refractivity contribution is 7.22. The lowest BCUT2D eigenvalue weighted by Gasteiger charge is -2.39. The molecule has 10 heteroatoms. The number of nitrogens with one attached hydrogen (secondary N) is 1. The number of H-pyrrole nitrogens is 1. The molecule has 0 bridgehead atoms. The van der Waals surface area contributed by atoms with Crippen molar-refractivity contribution in [2.24, 2.45) is 0 Å². The van der Waals surface area contributed by atoms with Crippen LogP contribution in [0.25, 0.3) is 32.7 Å². The van der Waals surface area contributed by atoms with Crippen molar-refractivity contribution in [3.05, 3.63) is 36.7 Å². The molecule has 9 nitrogen and oxygen atoms in total. The largest absolute Gasteiger partial charge is 0.507 e. The van der Waals surface area contributed by atoms with Gasteiger partial charge in [0.2, 0.25) is 0 Å². The van der Waals surface area contributed by atoms with Crippen molar-refractivity contribution >= 4 is 26.8 Å². The molecule has 0 unspecified atom stereocenters. The topological polar surface area (TPSA) is 114 Å². The molecule has 0 aliphatic carbocycles. The maximum absolute atomic E-state index is 10.6. The van der Waals surface area contributed by atoms with Gasteiger partial charge in [-0.05, 0) is 43.7 Å². The minimum atomic E-state index is 0.139. The molecule has 1 aliphatic rings.